The number of thioether (sulfide) groups is 1. The molecule has 0 radical (unpaired) electrons. The summed E-state index contributed by atoms with van der Waals surface area (Å²) in [6, 6.07) is 7.50. The molecule has 0 amide bonds. The number of hydrogen-bond acceptors (Lipinski definition) is 7. The second kappa shape index (κ2) is 22.5. The molecule has 0 N–H and O–H groups in total. The van der Waals surface area contributed by atoms with Gasteiger partial charge in [-0.05, 0) is 37.1 Å². The lowest BCUT2D eigenvalue weighted by Crippen LogP contribution is -2.13. The summed E-state index contributed by atoms with van der Waals surface area (Å²) in [4.78, 5) is 10.8. The molecule has 0 heterocycles. The highest BCUT2D eigenvalue weighted by Crippen LogP contribution is 2.16. The number of rotatable bonds is 23. The number of methoxy groups -OCH3 is 1. The van der Waals surface area contributed by atoms with Crippen molar-refractivity contribution in [1.29, 1.82) is 0 Å². The Morgan fingerprint density at radius 2 is 1.09 bits per heavy atom. The van der Waals surface area contributed by atoms with Gasteiger partial charge in [0, 0.05) is 19.3 Å². The summed E-state index contributed by atoms with van der Waals surface area (Å²) in [7, 11) is 1.64. The number of benzene rings is 1. The molecular formula is C26H44O6S. The molecule has 1 aromatic rings. The first kappa shape index (κ1) is 29.8. The second-order valence-corrected chi connectivity index (χ2v) is 9.15. The maximum Gasteiger partial charge on any atom is 0.185 e. The van der Waals surface area contributed by atoms with Crippen molar-refractivity contribution in [3.63, 3.8) is 0 Å². The molecule has 0 spiro atoms. The average molecular weight is 485 g/mol. The number of hydrogen-bond donors (Lipinski definition) is 0. The number of ether oxygens (including phenoxy) is 5. The lowest BCUT2D eigenvalue weighted by atomic mass is 10.1. The zero-order valence-corrected chi connectivity index (χ0v) is 21.5. The van der Waals surface area contributed by atoms with Gasteiger partial charge in [0.25, 0.3) is 0 Å². The van der Waals surface area contributed by atoms with Crippen LogP contribution in [-0.4, -0.2) is 64.2 Å². The molecule has 0 fully saturated rings. The third-order valence-corrected chi connectivity index (χ3v) is 5.94. The summed E-state index contributed by atoms with van der Waals surface area (Å²) >= 11 is 1.45. The third-order valence-electron chi connectivity index (χ3n) is 5.04. The van der Waals surface area contributed by atoms with Gasteiger partial charge in [0.15, 0.2) is 5.12 Å². The Kier molecular flexibility index (Phi) is 20.3. The van der Waals surface area contributed by atoms with Crippen LogP contribution in [0, 0.1) is 0 Å². The van der Waals surface area contributed by atoms with E-state index < -0.39 is 0 Å². The summed E-state index contributed by atoms with van der Waals surface area (Å²) in [5, 5.41) is 0.236. The van der Waals surface area contributed by atoms with E-state index in [2.05, 4.69) is 0 Å². The van der Waals surface area contributed by atoms with Crippen LogP contribution in [0.3, 0.4) is 0 Å². The van der Waals surface area contributed by atoms with Crippen LogP contribution >= 0.6 is 11.8 Å². The first-order valence-corrected chi connectivity index (χ1v) is 13.3. The second-order valence-electron chi connectivity index (χ2n) is 7.88. The molecular weight excluding hydrogens is 440 g/mol. The molecule has 33 heavy (non-hydrogen) atoms. The predicted molar refractivity (Wildman–Crippen MR) is 136 cm³/mol. The Bertz CT molecular complexity index is 566. The monoisotopic (exact) mass is 484 g/mol. The van der Waals surface area contributed by atoms with Crippen LogP contribution in [0.5, 0.6) is 11.5 Å². The minimum Gasteiger partial charge on any atom is -0.497 e. The Labute approximate surface area is 205 Å². The molecule has 0 bridgehead atoms. The van der Waals surface area contributed by atoms with Crippen molar-refractivity contribution in [3.05, 3.63) is 24.3 Å². The maximum atomic E-state index is 10.8. The van der Waals surface area contributed by atoms with Gasteiger partial charge < -0.3 is 23.7 Å². The molecule has 6 nitrogen and oxygen atoms in total. The quantitative estimate of drug-likeness (QED) is 0.179. The van der Waals surface area contributed by atoms with E-state index >= 15 is 0 Å². The Morgan fingerprint density at radius 3 is 1.64 bits per heavy atom. The van der Waals surface area contributed by atoms with Gasteiger partial charge in [-0.25, -0.2) is 0 Å². The molecule has 0 unspecified atom stereocenters. The van der Waals surface area contributed by atoms with E-state index in [0.717, 1.165) is 30.3 Å². The van der Waals surface area contributed by atoms with E-state index in [1.807, 2.05) is 24.3 Å². The molecule has 1 aromatic carbocycles. The van der Waals surface area contributed by atoms with Crippen molar-refractivity contribution in [3.8, 4) is 11.5 Å². The highest BCUT2D eigenvalue weighted by Gasteiger charge is 1.97. The van der Waals surface area contributed by atoms with Gasteiger partial charge in [0.05, 0.1) is 40.1 Å². The molecule has 0 aromatic heterocycles. The molecule has 0 aliphatic rings. The summed E-state index contributed by atoms with van der Waals surface area (Å²) in [5.41, 5.74) is 0. The molecule has 1 rings (SSSR count). The summed E-state index contributed by atoms with van der Waals surface area (Å²) < 4.78 is 27.4. The molecule has 0 aliphatic carbocycles. The average Bonchev–Trinajstić information content (AvgIpc) is 2.82. The van der Waals surface area contributed by atoms with Gasteiger partial charge in [-0.15, -0.1) is 0 Å². The van der Waals surface area contributed by atoms with Crippen molar-refractivity contribution < 1.29 is 28.5 Å². The van der Waals surface area contributed by atoms with Crippen molar-refractivity contribution in [2.24, 2.45) is 0 Å². The zero-order valence-electron chi connectivity index (χ0n) is 20.7. The standard InChI is InChI=1S/C26H44O6S/c1-24(27)33-23-11-9-7-5-3-4-6-8-10-16-29-17-18-30-19-20-31-21-22-32-26-14-12-25(28-2)13-15-26/h12-15H,3-11,16-23H2,1-2H3. The van der Waals surface area contributed by atoms with Crippen LogP contribution in [-0.2, 0) is 19.0 Å². The highest BCUT2D eigenvalue weighted by molar-refractivity contribution is 8.13. The summed E-state index contributed by atoms with van der Waals surface area (Å²) in [6.07, 6.45) is 11.3. The normalized spacial score (nSPS) is 11.0. The van der Waals surface area contributed by atoms with Gasteiger partial charge in [-0.2, -0.15) is 0 Å². The lowest BCUT2D eigenvalue weighted by Gasteiger charge is -2.08. The van der Waals surface area contributed by atoms with Gasteiger partial charge in [0.1, 0.15) is 18.1 Å². The van der Waals surface area contributed by atoms with Crippen molar-refractivity contribution in [2.45, 2.75) is 64.7 Å². The van der Waals surface area contributed by atoms with Gasteiger partial charge in [-0.1, -0.05) is 56.7 Å². The van der Waals surface area contributed by atoms with E-state index in [1.165, 1.54) is 63.1 Å². The lowest BCUT2D eigenvalue weighted by molar-refractivity contribution is -0.109. The van der Waals surface area contributed by atoms with Gasteiger partial charge >= 0.3 is 0 Å². The molecule has 0 saturated heterocycles. The third kappa shape index (κ3) is 19.9. The SMILES string of the molecule is COc1ccc(OCCOCCOCCOCCCCCCCCCCCSC(C)=O)cc1. The summed E-state index contributed by atoms with van der Waals surface area (Å²) in [5.74, 6) is 2.60. The van der Waals surface area contributed by atoms with E-state index in [9.17, 15) is 4.79 Å². The van der Waals surface area contributed by atoms with E-state index in [0.29, 0.717) is 39.6 Å². The minimum absolute atomic E-state index is 0.236. The van der Waals surface area contributed by atoms with E-state index in [4.69, 9.17) is 23.7 Å². The largest absolute Gasteiger partial charge is 0.497 e. The van der Waals surface area contributed by atoms with Crippen molar-refractivity contribution in [2.75, 3.05) is 59.1 Å². The maximum absolute atomic E-state index is 10.8. The topological polar surface area (TPSA) is 63.2 Å². The van der Waals surface area contributed by atoms with Crippen LogP contribution in [0.1, 0.15) is 64.7 Å². The van der Waals surface area contributed by atoms with Gasteiger partial charge in [-0.3, -0.25) is 4.79 Å². The van der Waals surface area contributed by atoms with Crippen LogP contribution in [0.2, 0.25) is 0 Å². The number of unbranched alkanes of at least 4 members (excludes halogenated alkanes) is 8. The van der Waals surface area contributed by atoms with Crippen LogP contribution in [0.4, 0.5) is 0 Å². The molecule has 0 aliphatic heterocycles. The number of carbonyl (C=O) groups excluding carboxylic acids is 1. The first-order valence-electron chi connectivity index (χ1n) is 12.4. The fraction of sp³-hybridized carbons (Fsp3) is 0.731. The Hall–Kier alpha value is -1.28. The van der Waals surface area contributed by atoms with E-state index in [1.54, 1.807) is 14.0 Å². The van der Waals surface area contributed by atoms with Crippen LogP contribution < -0.4 is 9.47 Å². The zero-order chi connectivity index (χ0) is 23.8. The molecule has 7 heteroatoms. The molecule has 0 atom stereocenters. The van der Waals surface area contributed by atoms with Crippen LogP contribution in [0.25, 0.3) is 0 Å². The molecule has 0 saturated carbocycles. The first-order chi connectivity index (χ1) is 16.2. The number of carbonyl (C=O) groups is 1. The predicted octanol–water partition coefficient (Wildman–Crippen LogP) is 5.91. The molecule has 190 valence electrons. The Morgan fingerprint density at radius 1 is 0.636 bits per heavy atom. The minimum atomic E-state index is 0.236. The fourth-order valence-corrected chi connectivity index (χ4v) is 3.83. The van der Waals surface area contributed by atoms with Gasteiger partial charge in [0.2, 0.25) is 0 Å². The van der Waals surface area contributed by atoms with E-state index in [-0.39, 0.29) is 5.12 Å². The fourth-order valence-electron chi connectivity index (χ4n) is 3.19. The van der Waals surface area contributed by atoms with Crippen LogP contribution in [0.15, 0.2) is 24.3 Å². The van der Waals surface area contributed by atoms with Crippen molar-refractivity contribution >= 4 is 16.9 Å². The van der Waals surface area contributed by atoms with Crippen molar-refractivity contribution in [1.82, 2.24) is 0 Å². The Balaban J connectivity index is 1.70. The highest BCUT2D eigenvalue weighted by atomic mass is 32.2. The smallest absolute Gasteiger partial charge is 0.185 e. The summed E-state index contributed by atoms with van der Waals surface area (Å²) in [6.45, 7) is 5.88.